The number of likely N-dealkylation sites (tertiary alicyclic amines) is 1. The van der Waals surface area contributed by atoms with Crippen molar-refractivity contribution in [3.8, 4) is 0 Å². The van der Waals surface area contributed by atoms with Crippen LogP contribution in [0.25, 0.3) is 0 Å². The van der Waals surface area contributed by atoms with Crippen LogP contribution in [0.4, 0.5) is 9.18 Å². The number of esters is 1. The second-order valence-electron chi connectivity index (χ2n) is 8.16. The fourth-order valence-corrected chi connectivity index (χ4v) is 4.17. The predicted octanol–water partition coefficient (Wildman–Crippen LogP) is 5.43. The number of benzene rings is 3. The Morgan fingerprint density at radius 2 is 1.55 bits per heavy atom. The van der Waals surface area contributed by atoms with Crippen LogP contribution in [0.15, 0.2) is 84.9 Å². The summed E-state index contributed by atoms with van der Waals surface area (Å²) in [6, 6.07) is 24.7. The molecule has 1 aliphatic rings. The largest absolute Gasteiger partial charge is 0.462 e. The first-order chi connectivity index (χ1) is 16.1. The summed E-state index contributed by atoms with van der Waals surface area (Å²) >= 11 is 0. The van der Waals surface area contributed by atoms with Gasteiger partial charge in [-0.25, -0.2) is 14.0 Å². The molecule has 0 aliphatic carbocycles. The molecule has 0 aromatic heterocycles. The molecule has 0 N–H and O–H groups in total. The summed E-state index contributed by atoms with van der Waals surface area (Å²) in [5.41, 5.74) is 2.36. The second kappa shape index (κ2) is 10.8. The number of hydrogen-bond acceptors (Lipinski definition) is 4. The van der Waals surface area contributed by atoms with E-state index < -0.39 is 12.1 Å². The van der Waals surface area contributed by atoms with Crippen LogP contribution >= 0.6 is 0 Å². The van der Waals surface area contributed by atoms with E-state index in [9.17, 15) is 14.0 Å². The van der Waals surface area contributed by atoms with E-state index in [1.165, 1.54) is 12.1 Å². The number of carbonyl (C=O) groups is 2. The number of ether oxygens (including phenoxy) is 2. The molecule has 33 heavy (non-hydrogen) atoms. The maximum atomic E-state index is 13.4. The minimum Gasteiger partial charge on any atom is -0.462 e. The summed E-state index contributed by atoms with van der Waals surface area (Å²) < 4.78 is 24.6. The molecule has 2 atom stereocenters. The van der Waals surface area contributed by atoms with Gasteiger partial charge in [0.25, 0.3) is 0 Å². The van der Waals surface area contributed by atoms with E-state index in [2.05, 4.69) is 0 Å². The van der Waals surface area contributed by atoms with Crippen molar-refractivity contribution in [2.75, 3.05) is 19.7 Å². The van der Waals surface area contributed by atoms with Gasteiger partial charge in [0.2, 0.25) is 0 Å². The van der Waals surface area contributed by atoms with E-state index in [-0.39, 0.29) is 30.9 Å². The first kappa shape index (κ1) is 22.5. The smallest absolute Gasteiger partial charge is 0.410 e. The van der Waals surface area contributed by atoms with Gasteiger partial charge in [0.05, 0.1) is 12.2 Å². The van der Waals surface area contributed by atoms with E-state index >= 15 is 0 Å². The molecule has 5 nitrogen and oxygen atoms in total. The third kappa shape index (κ3) is 5.98. The van der Waals surface area contributed by atoms with E-state index in [0.29, 0.717) is 25.1 Å². The zero-order valence-electron chi connectivity index (χ0n) is 18.2. The quantitative estimate of drug-likeness (QED) is 0.473. The molecule has 1 fully saturated rings. The molecule has 1 amide bonds. The zero-order chi connectivity index (χ0) is 23.0. The minimum absolute atomic E-state index is 0.0346. The van der Waals surface area contributed by atoms with Gasteiger partial charge in [0.1, 0.15) is 12.4 Å². The average Bonchev–Trinajstić information content (AvgIpc) is 2.87. The van der Waals surface area contributed by atoms with E-state index in [4.69, 9.17) is 9.47 Å². The molecule has 4 rings (SSSR count). The Balaban J connectivity index is 1.43. The van der Waals surface area contributed by atoms with Crippen molar-refractivity contribution in [3.63, 3.8) is 0 Å². The summed E-state index contributed by atoms with van der Waals surface area (Å²) in [6.07, 6.45) is 0.274. The van der Waals surface area contributed by atoms with Crippen molar-refractivity contribution in [1.82, 2.24) is 4.90 Å². The molecule has 6 heteroatoms. The molecule has 170 valence electrons. The van der Waals surface area contributed by atoms with Gasteiger partial charge < -0.3 is 14.4 Å². The van der Waals surface area contributed by atoms with Gasteiger partial charge in [0, 0.05) is 19.0 Å². The summed E-state index contributed by atoms with van der Waals surface area (Å²) in [5, 5.41) is 0. The standard InChI is InChI=1S/C27H26FNO4/c28-24-13-11-21(12-14-24)25-15-16-29(27(31)33-18-20-7-3-1-4-8-20)17-23(25)19-32-26(30)22-9-5-2-6-10-22/h1-14,23,25H,15-19H2/t23-,25-/m1/s1. The number of carbonyl (C=O) groups excluding carboxylic acids is 2. The molecule has 1 aliphatic heterocycles. The van der Waals surface area contributed by atoms with Crippen LogP contribution in [0, 0.1) is 11.7 Å². The zero-order valence-corrected chi connectivity index (χ0v) is 18.2. The highest BCUT2D eigenvalue weighted by molar-refractivity contribution is 5.89. The van der Waals surface area contributed by atoms with Crippen molar-refractivity contribution < 1.29 is 23.5 Å². The number of piperidine rings is 1. The molecule has 0 bridgehead atoms. The van der Waals surface area contributed by atoms with Crippen molar-refractivity contribution in [2.24, 2.45) is 5.92 Å². The SMILES string of the molecule is O=C(OC[C@H]1CN(C(=O)OCc2ccccc2)CC[C@@H]1c1ccc(F)cc1)c1ccccc1. The lowest BCUT2D eigenvalue weighted by Gasteiger charge is -2.38. The van der Waals surface area contributed by atoms with E-state index in [0.717, 1.165) is 11.1 Å². The third-order valence-electron chi connectivity index (χ3n) is 5.93. The van der Waals surface area contributed by atoms with Crippen LogP contribution < -0.4 is 0 Å². The van der Waals surface area contributed by atoms with Crippen molar-refractivity contribution in [1.29, 1.82) is 0 Å². The van der Waals surface area contributed by atoms with Gasteiger partial charge in [-0.2, -0.15) is 0 Å². The second-order valence-corrected chi connectivity index (χ2v) is 8.16. The molecular weight excluding hydrogens is 421 g/mol. The summed E-state index contributed by atoms with van der Waals surface area (Å²) in [4.78, 5) is 26.8. The fourth-order valence-electron chi connectivity index (χ4n) is 4.17. The lowest BCUT2D eigenvalue weighted by atomic mass is 9.81. The minimum atomic E-state index is -0.405. The van der Waals surface area contributed by atoms with Crippen LogP contribution in [0.3, 0.4) is 0 Å². The summed E-state index contributed by atoms with van der Waals surface area (Å²) in [5.74, 6) is -0.807. The molecule has 1 saturated heterocycles. The van der Waals surface area contributed by atoms with Crippen LogP contribution in [0.5, 0.6) is 0 Å². The number of hydrogen-bond donors (Lipinski definition) is 0. The molecule has 0 spiro atoms. The maximum absolute atomic E-state index is 13.4. The molecular formula is C27H26FNO4. The van der Waals surface area contributed by atoms with Crippen LogP contribution in [-0.2, 0) is 16.1 Å². The van der Waals surface area contributed by atoms with Crippen LogP contribution in [-0.4, -0.2) is 36.7 Å². The Kier molecular flexibility index (Phi) is 7.35. The Morgan fingerprint density at radius 3 is 2.24 bits per heavy atom. The normalized spacial score (nSPS) is 17.9. The Hall–Kier alpha value is -3.67. The number of rotatable bonds is 6. The number of nitrogens with zero attached hydrogens (tertiary/aromatic N) is 1. The van der Waals surface area contributed by atoms with Crippen molar-refractivity contribution in [2.45, 2.75) is 18.9 Å². The first-order valence-corrected chi connectivity index (χ1v) is 11.0. The lowest BCUT2D eigenvalue weighted by molar-refractivity contribution is 0.0285. The molecule has 3 aromatic carbocycles. The highest BCUT2D eigenvalue weighted by atomic mass is 19.1. The summed E-state index contributed by atoms with van der Waals surface area (Å²) in [6.45, 7) is 1.25. The van der Waals surface area contributed by atoms with Gasteiger partial charge in [0.15, 0.2) is 0 Å². The third-order valence-corrected chi connectivity index (χ3v) is 5.93. The first-order valence-electron chi connectivity index (χ1n) is 11.0. The van der Waals surface area contributed by atoms with Crippen LogP contribution in [0.1, 0.15) is 33.8 Å². The highest BCUT2D eigenvalue weighted by Gasteiger charge is 2.34. The number of halogens is 1. The average molecular weight is 448 g/mol. The van der Waals surface area contributed by atoms with Gasteiger partial charge in [-0.15, -0.1) is 0 Å². The molecule has 0 saturated carbocycles. The van der Waals surface area contributed by atoms with Gasteiger partial charge in [-0.1, -0.05) is 60.7 Å². The van der Waals surface area contributed by atoms with Crippen molar-refractivity contribution >= 4 is 12.1 Å². The summed E-state index contributed by atoms with van der Waals surface area (Å²) in [7, 11) is 0. The molecule has 1 heterocycles. The topological polar surface area (TPSA) is 55.8 Å². The monoisotopic (exact) mass is 447 g/mol. The van der Waals surface area contributed by atoms with E-state index in [1.807, 2.05) is 36.4 Å². The number of amides is 1. The van der Waals surface area contributed by atoms with E-state index in [1.54, 1.807) is 41.3 Å². The van der Waals surface area contributed by atoms with Gasteiger partial charge in [-0.05, 0) is 47.7 Å². The Labute approximate surface area is 192 Å². The lowest BCUT2D eigenvalue weighted by Crippen LogP contribution is -2.45. The van der Waals surface area contributed by atoms with Gasteiger partial charge in [-0.3, -0.25) is 0 Å². The fraction of sp³-hybridized carbons (Fsp3) is 0.259. The van der Waals surface area contributed by atoms with Crippen LogP contribution in [0.2, 0.25) is 0 Å². The molecule has 0 radical (unpaired) electrons. The highest BCUT2D eigenvalue weighted by Crippen LogP contribution is 2.34. The van der Waals surface area contributed by atoms with Gasteiger partial charge >= 0.3 is 12.1 Å². The molecule has 3 aromatic rings. The Bertz CT molecular complexity index is 1060. The predicted molar refractivity (Wildman–Crippen MR) is 122 cm³/mol. The molecule has 0 unspecified atom stereocenters. The maximum Gasteiger partial charge on any atom is 0.410 e. The Morgan fingerprint density at radius 1 is 0.879 bits per heavy atom. The van der Waals surface area contributed by atoms with Crippen molar-refractivity contribution in [3.05, 3.63) is 107 Å².